The van der Waals surface area contributed by atoms with Gasteiger partial charge in [0, 0.05) is 19.3 Å². The van der Waals surface area contributed by atoms with Crippen molar-refractivity contribution in [2.75, 3.05) is 18.0 Å². The summed E-state index contributed by atoms with van der Waals surface area (Å²) in [6, 6.07) is 11.8. The predicted octanol–water partition coefficient (Wildman–Crippen LogP) is 2.89. The van der Waals surface area contributed by atoms with E-state index in [1.54, 1.807) is 6.20 Å². The highest BCUT2D eigenvalue weighted by Gasteiger charge is 2.19. The van der Waals surface area contributed by atoms with Crippen LogP contribution in [-0.4, -0.2) is 29.0 Å². The van der Waals surface area contributed by atoms with Gasteiger partial charge >= 0.3 is 0 Å². The molecule has 0 aliphatic carbocycles. The SMILES string of the molecule is CC[C@@H](C(=O)NCc1nccc(N2CCCC2)n1)c1ccccc1. The van der Waals surface area contributed by atoms with Crippen molar-refractivity contribution in [2.45, 2.75) is 38.6 Å². The molecule has 1 N–H and O–H groups in total. The first-order chi connectivity index (χ1) is 11.8. The highest BCUT2D eigenvalue weighted by molar-refractivity contribution is 5.83. The highest BCUT2D eigenvalue weighted by Crippen LogP contribution is 2.20. The molecule has 2 aromatic rings. The van der Waals surface area contributed by atoms with E-state index in [4.69, 9.17) is 0 Å². The number of nitrogens with zero attached hydrogens (tertiary/aromatic N) is 3. The van der Waals surface area contributed by atoms with E-state index in [2.05, 4.69) is 20.2 Å². The summed E-state index contributed by atoms with van der Waals surface area (Å²) in [6.07, 6.45) is 4.97. The van der Waals surface area contributed by atoms with Gasteiger partial charge in [-0.2, -0.15) is 0 Å². The van der Waals surface area contributed by atoms with E-state index >= 15 is 0 Å². The molecule has 1 aromatic heterocycles. The van der Waals surface area contributed by atoms with Crippen LogP contribution in [0.3, 0.4) is 0 Å². The lowest BCUT2D eigenvalue weighted by Crippen LogP contribution is -2.29. The van der Waals surface area contributed by atoms with Gasteiger partial charge in [-0.1, -0.05) is 37.3 Å². The number of hydrogen-bond acceptors (Lipinski definition) is 4. The maximum absolute atomic E-state index is 12.5. The van der Waals surface area contributed by atoms with Crippen LogP contribution in [0.25, 0.3) is 0 Å². The van der Waals surface area contributed by atoms with Crippen LogP contribution in [0, 0.1) is 0 Å². The smallest absolute Gasteiger partial charge is 0.227 e. The third-order valence-electron chi connectivity index (χ3n) is 4.47. The molecular formula is C19H24N4O. The summed E-state index contributed by atoms with van der Waals surface area (Å²) in [7, 11) is 0. The minimum absolute atomic E-state index is 0.0267. The van der Waals surface area contributed by atoms with Crippen LogP contribution < -0.4 is 10.2 Å². The highest BCUT2D eigenvalue weighted by atomic mass is 16.1. The van der Waals surface area contributed by atoms with Gasteiger partial charge in [-0.05, 0) is 30.9 Å². The van der Waals surface area contributed by atoms with Gasteiger partial charge in [-0.15, -0.1) is 0 Å². The van der Waals surface area contributed by atoms with Crippen LogP contribution in [0.2, 0.25) is 0 Å². The number of hydrogen-bond donors (Lipinski definition) is 1. The van der Waals surface area contributed by atoms with E-state index in [1.165, 1.54) is 12.8 Å². The Morgan fingerprint density at radius 1 is 1.21 bits per heavy atom. The van der Waals surface area contributed by atoms with Gasteiger partial charge in [-0.3, -0.25) is 4.79 Å². The lowest BCUT2D eigenvalue weighted by Gasteiger charge is -2.17. The fourth-order valence-corrected chi connectivity index (χ4v) is 3.14. The van der Waals surface area contributed by atoms with E-state index in [1.807, 2.05) is 43.3 Å². The fourth-order valence-electron chi connectivity index (χ4n) is 3.14. The molecule has 0 unspecified atom stereocenters. The minimum Gasteiger partial charge on any atom is -0.357 e. The summed E-state index contributed by atoms with van der Waals surface area (Å²) in [4.78, 5) is 23.7. The zero-order valence-corrected chi connectivity index (χ0v) is 14.1. The number of rotatable bonds is 6. The molecule has 0 spiro atoms. The predicted molar refractivity (Wildman–Crippen MR) is 94.8 cm³/mol. The van der Waals surface area contributed by atoms with Crippen molar-refractivity contribution >= 4 is 11.7 Å². The molecular weight excluding hydrogens is 300 g/mol. The summed E-state index contributed by atoms with van der Waals surface area (Å²) in [5, 5.41) is 2.98. The monoisotopic (exact) mass is 324 g/mol. The quantitative estimate of drug-likeness (QED) is 0.887. The van der Waals surface area contributed by atoms with E-state index in [0.717, 1.165) is 30.9 Å². The largest absolute Gasteiger partial charge is 0.357 e. The molecule has 1 saturated heterocycles. The molecule has 24 heavy (non-hydrogen) atoms. The third kappa shape index (κ3) is 3.91. The van der Waals surface area contributed by atoms with E-state index in [0.29, 0.717) is 12.4 Å². The maximum Gasteiger partial charge on any atom is 0.227 e. The summed E-state index contributed by atoms with van der Waals surface area (Å²) in [6.45, 7) is 4.50. The molecule has 5 heteroatoms. The Morgan fingerprint density at radius 2 is 1.96 bits per heavy atom. The first kappa shape index (κ1) is 16.4. The Bertz CT molecular complexity index is 668. The van der Waals surface area contributed by atoms with Crippen LogP contribution in [0.5, 0.6) is 0 Å². The van der Waals surface area contributed by atoms with Crippen molar-refractivity contribution < 1.29 is 4.79 Å². The average molecular weight is 324 g/mol. The summed E-state index contributed by atoms with van der Waals surface area (Å²) >= 11 is 0. The Labute approximate surface area is 143 Å². The number of amides is 1. The van der Waals surface area contributed by atoms with E-state index in [9.17, 15) is 4.79 Å². The van der Waals surface area contributed by atoms with Crippen molar-refractivity contribution in [3.8, 4) is 0 Å². The molecule has 0 radical (unpaired) electrons. The van der Waals surface area contributed by atoms with Crippen LogP contribution in [0.15, 0.2) is 42.6 Å². The first-order valence-corrected chi connectivity index (χ1v) is 8.67. The zero-order chi connectivity index (χ0) is 16.8. The number of nitrogens with one attached hydrogen (secondary N) is 1. The average Bonchev–Trinajstić information content (AvgIpc) is 3.16. The van der Waals surface area contributed by atoms with Crippen molar-refractivity contribution in [3.63, 3.8) is 0 Å². The molecule has 1 amide bonds. The molecule has 2 heterocycles. The van der Waals surface area contributed by atoms with Crippen LogP contribution in [0.1, 0.15) is 43.5 Å². The van der Waals surface area contributed by atoms with E-state index < -0.39 is 0 Å². The zero-order valence-electron chi connectivity index (χ0n) is 14.1. The third-order valence-corrected chi connectivity index (χ3v) is 4.47. The molecule has 126 valence electrons. The van der Waals surface area contributed by atoms with Gasteiger partial charge in [0.2, 0.25) is 5.91 Å². The molecule has 1 aromatic carbocycles. The molecule has 0 saturated carbocycles. The molecule has 3 rings (SSSR count). The molecule has 0 bridgehead atoms. The summed E-state index contributed by atoms with van der Waals surface area (Å²) in [5.74, 6) is 1.52. The lowest BCUT2D eigenvalue weighted by atomic mass is 9.96. The minimum atomic E-state index is -0.132. The van der Waals surface area contributed by atoms with Crippen LogP contribution >= 0.6 is 0 Å². The molecule has 1 fully saturated rings. The second-order valence-electron chi connectivity index (χ2n) is 6.11. The second kappa shape index (κ2) is 7.90. The van der Waals surface area contributed by atoms with Crippen molar-refractivity contribution in [2.24, 2.45) is 0 Å². The molecule has 5 nitrogen and oxygen atoms in total. The fraction of sp³-hybridized carbons (Fsp3) is 0.421. The van der Waals surface area contributed by atoms with Gasteiger partial charge < -0.3 is 10.2 Å². The van der Waals surface area contributed by atoms with Gasteiger partial charge in [-0.25, -0.2) is 9.97 Å². The molecule has 1 aliphatic rings. The van der Waals surface area contributed by atoms with Crippen LogP contribution in [-0.2, 0) is 11.3 Å². The van der Waals surface area contributed by atoms with Crippen molar-refractivity contribution in [3.05, 3.63) is 54.0 Å². The normalized spacial score (nSPS) is 15.3. The molecule has 1 aliphatic heterocycles. The van der Waals surface area contributed by atoms with Crippen molar-refractivity contribution in [1.29, 1.82) is 0 Å². The Morgan fingerprint density at radius 3 is 2.67 bits per heavy atom. The number of carbonyl (C=O) groups is 1. The Balaban J connectivity index is 1.62. The van der Waals surface area contributed by atoms with Gasteiger partial charge in [0.05, 0.1) is 12.5 Å². The lowest BCUT2D eigenvalue weighted by molar-refractivity contribution is -0.122. The topological polar surface area (TPSA) is 58.1 Å². The summed E-state index contributed by atoms with van der Waals surface area (Å²) < 4.78 is 0. The van der Waals surface area contributed by atoms with Crippen LogP contribution in [0.4, 0.5) is 5.82 Å². The van der Waals surface area contributed by atoms with Crippen molar-refractivity contribution in [1.82, 2.24) is 15.3 Å². The van der Waals surface area contributed by atoms with Gasteiger partial charge in [0.25, 0.3) is 0 Å². The number of carbonyl (C=O) groups excluding carboxylic acids is 1. The second-order valence-corrected chi connectivity index (χ2v) is 6.11. The molecule has 1 atom stereocenters. The Hall–Kier alpha value is -2.43. The number of anilines is 1. The number of aromatic nitrogens is 2. The van der Waals surface area contributed by atoms with Gasteiger partial charge in [0.15, 0.2) is 0 Å². The maximum atomic E-state index is 12.5. The van der Waals surface area contributed by atoms with Gasteiger partial charge in [0.1, 0.15) is 11.6 Å². The summed E-state index contributed by atoms with van der Waals surface area (Å²) in [5.41, 5.74) is 1.05. The van der Waals surface area contributed by atoms with E-state index in [-0.39, 0.29) is 11.8 Å². The Kier molecular flexibility index (Phi) is 5.41. The number of benzene rings is 1. The standard InChI is InChI=1S/C19H24N4O/c1-2-16(15-8-4-3-5-9-15)19(24)21-14-17-20-11-10-18(22-17)23-12-6-7-13-23/h3-5,8-11,16H,2,6-7,12-14H2,1H3,(H,21,24)/t16-/m1/s1. The first-order valence-electron chi connectivity index (χ1n) is 8.67.